The van der Waals surface area contributed by atoms with E-state index < -0.39 is 5.60 Å². The summed E-state index contributed by atoms with van der Waals surface area (Å²) in [5, 5.41) is 0. The van der Waals surface area contributed by atoms with Crippen molar-refractivity contribution in [3.05, 3.63) is 108 Å². The van der Waals surface area contributed by atoms with Crippen LogP contribution >= 0.6 is 0 Å². The Morgan fingerprint density at radius 1 is 0.930 bits per heavy atom. The molecule has 0 N–H and O–H groups in total. The van der Waals surface area contributed by atoms with Crippen molar-refractivity contribution in [2.45, 2.75) is 83.3 Å². The molecule has 0 radical (unpaired) electrons. The van der Waals surface area contributed by atoms with Crippen molar-refractivity contribution in [3.63, 3.8) is 0 Å². The highest BCUT2D eigenvalue weighted by molar-refractivity contribution is 6.07. The predicted octanol–water partition coefficient (Wildman–Crippen LogP) is 7.37. The van der Waals surface area contributed by atoms with Gasteiger partial charge in [0, 0.05) is 38.2 Å². The summed E-state index contributed by atoms with van der Waals surface area (Å²) >= 11 is 0. The van der Waals surface area contributed by atoms with Crippen LogP contribution in [-0.4, -0.2) is 53.6 Å². The molecule has 0 saturated carbocycles. The minimum atomic E-state index is -1.20. The number of benzene rings is 1. The summed E-state index contributed by atoms with van der Waals surface area (Å²) in [6.07, 6.45) is 30.9. The molecule has 0 aromatic heterocycles. The minimum Gasteiger partial charge on any atom is -0.469 e. The molecular weight excluding hydrogens is 536 g/mol. The number of amides is 2. The van der Waals surface area contributed by atoms with E-state index in [0.717, 1.165) is 44.9 Å². The summed E-state index contributed by atoms with van der Waals surface area (Å²) in [5.74, 6) is -0.392. The predicted molar refractivity (Wildman–Crippen MR) is 174 cm³/mol. The van der Waals surface area contributed by atoms with Gasteiger partial charge in [-0.1, -0.05) is 98.0 Å². The molecule has 230 valence electrons. The van der Waals surface area contributed by atoms with Crippen LogP contribution in [0.2, 0.25) is 0 Å². The first kappa shape index (κ1) is 33.6. The monoisotopic (exact) mass is 584 g/mol. The van der Waals surface area contributed by atoms with E-state index in [1.807, 2.05) is 35.2 Å². The first-order valence-corrected chi connectivity index (χ1v) is 15.7. The lowest BCUT2D eigenvalue weighted by atomic mass is 9.92. The smallest absolute Gasteiger partial charge is 0.289 e. The number of carbonyl (C=O) groups is 3. The average Bonchev–Trinajstić information content (AvgIpc) is 3.64. The van der Waals surface area contributed by atoms with Gasteiger partial charge in [0.25, 0.3) is 5.91 Å². The van der Waals surface area contributed by atoms with Gasteiger partial charge in [-0.3, -0.25) is 14.4 Å². The van der Waals surface area contributed by atoms with Crippen molar-refractivity contribution < 1.29 is 19.1 Å². The van der Waals surface area contributed by atoms with Gasteiger partial charge in [-0.25, -0.2) is 0 Å². The molecule has 0 bridgehead atoms. The summed E-state index contributed by atoms with van der Waals surface area (Å²) in [6, 6.07) is 9.10. The number of ketones is 1. The van der Waals surface area contributed by atoms with Crippen LogP contribution in [0.25, 0.3) is 0 Å². The highest BCUT2D eigenvalue weighted by Gasteiger charge is 2.45. The Bertz CT molecular complexity index is 1240. The lowest BCUT2D eigenvalue weighted by Crippen LogP contribution is -2.41. The molecule has 1 saturated heterocycles. The quantitative estimate of drug-likeness (QED) is 0.150. The van der Waals surface area contributed by atoms with E-state index in [-0.39, 0.29) is 29.4 Å². The number of unbranched alkanes of at least 4 members (excludes halogenated alkanes) is 1. The lowest BCUT2D eigenvalue weighted by molar-refractivity contribution is -0.138. The molecule has 1 aromatic carbocycles. The van der Waals surface area contributed by atoms with Gasteiger partial charge in [0.15, 0.2) is 11.4 Å². The highest BCUT2D eigenvalue weighted by Crippen LogP contribution is 2.35. The fraction of sp³-hybridized carbons (Fsp3) is 0.432. The maximum atomic E-state index is 13.2. The zero-order valence-corrected chi connectivity index (χ0v) is 26.1. The Labute approximate surface area is 258 Å². The molecule has 1 fully saturated rings. The third-order valence-electron chi connectivity index (χ3n) is 7.89. The molecule has 43 heavy (non-hydrogen) atoms. The van der Waals surface area contributed by atoms with E-state index in [1.165, 1.54) is 6.08 Å². The van der Waals surface area contributed by atoms with E-state index in [1.54, 1.807) is 18.9 Å². The third kappa shape index (κ3) is 10.4. The van der Waals surface area contributed by atoms with Gasteiger partial charge in [-0.2, -0.15) is 0 Å². The molecule has 1 aromatic rings. The second-order valence-electron chi connectivity index (χ2n) is 11.2. The van der Waals surface area contributed by atoms with Crippen LogP contribution in [0.3, 0.4) is 0 Å². The van der Waals surface area contributed by atoms with E-state index >= 15 is 0 Å². The number of likely N-dealkylation sites (tertiary alicyclic amines) is 1. The minimum absolute atomic E-state index is 0.0562. The third-order valence-corrected chi connectivity index (χ3v) is 7.89. The number of ether oxygens (including phenoxy) is 1. The van der Waals surface area contributed by atoms with E-state index in [4.69, 9.17) is 4.74 Å². The Balaban J connectivity index is 1.29. The Hall–Kier alpha value is -3.93. The number of allylic oxidation sites excluding steroid dienone is 10. The summed E-state index contributed by atoms with van der Waals surface area (Å²) in [4.78, 5) is 42.2. The van der Waals surface area contributed by atoms with E-state index in [9.17, 15) is 14.4 Å². The molecule has 6 nitrogen and oxygen atoms in total. The highest BCUT2D eigenvalue weighted by atomic mass is 16.5. The summed E-state index contributed by atoms with van der Waals surface area (Å²) in [6.45, 7) is 4.97. The van der Waals surface area contributed by atoms with Gasteiger partial charge in [0.05, 0.1) is 6.04 Å². The fourth-order valence-corrected chi connectivity index (χ4v) is 5.14. The number of likely N-dealkylation sites (N-methyl/N-ethyl adjacent to an activating group) is 1. The largest absolute Gasteiger partial charge is 0.469 e. The second-order valence-corrected chi connectivity index (χ2v) is 11.2. The van der Waals surface area contributed by atoms with Gasteiger partial charge in [0.2, 0.25) is 11.7 Å². The number of hydrogen-bond donors (Lipinski definition) is 0. The lowest BCUT2D eigenvalue weighted by Gasteiger charge is -2.28. The Morgan fingerprint density at radius 3 is 2.12 bits per heavy atom. The van der Waals surface area contributed by atoms with Gasteiger partial charge >= 0.3 is 0 Å². The Kier molecular flexibility index (Phi) is 14.0. The van der Waals surface area contributed by atoms with Crippen molar-refractivity contribution in [3.8, 4) is 0 Å². The van der Waals surface area contributed by atoms with Gasteiger partial charge in [-0.05, 0) is 58.3 Å². The Morgan fingerprint density at radius 2 is 1.51 bits per heavy atom. The molecule has 1 unspecified atom stereocenters. The van der Waals surface area contributed by atoms with Crippen LogP contribution in [0.15, 0.2) is 103 Å². The molecular formula is C37H48N2O4. The zero-order valence-electron chi connectivity index (χ0n) is 26.1. The van der Waals surface area contributed by atoms with E-state index in [2.05, 4.69) is 67.7 Å². The first-order chi connectivity index (χ1) is 20.9. The van der Waals surface area contributed by atoms with Crippen LogP contribution in [0.4, 0.5) is 0 Å². The summed E-state index contributed by atoms with van der Waals surface area (Å²) in [5.41, 5.74) is -0.486. The van der Waals surface area contributed by atoms with Crippen molar-refractivity contribution in [2.75, 3.05) is 20.1 Å². The molecule has 2 aliphatic rings. The normalized spacial score (nSPS) is 20.8. The molecule has 2 aliphatic heterocycles. The summed E-state index contributed by atoms with van der Waals surface area (Å²) in [7, 11) is 1.72. The number of nitrogens with zero attached hydrogens (tertiary/aromatic N) is 2. The summed E-state index contributed by atoms with van der Waals surface area (Å²) < 4.78 is 5.93. The van der Waals surface area contributed by atoms with Crippen molar-refractivity contribution in [2.24, 2.45) is 0 Å². The van der Waals surface area contributed by atoms with Crippen molar-refractivity contribution in [1.82, 2.24) is 9.80 Å². The van der Waals surface area contributed by atoms with Crippen LogP contribution in [0.5, 0.6) is 0 Å². The standard InChI is InChI=1S/C37H48N2O4/c1-4-5-6-7-8-9-10-11-12-13-14-15-16-17-18-19-23-26-35(41)39-28-27-32(30-39)38(3)36(42)33-29-34(40)37(2,43-33)31-24-21-20-22-25-31/h5-6,8-9,11-12,14-15,17-18,20-22,24-25,29,32H,4,7,10,13,16,19,23,26-28,30H2,1-3H3/t32-,37?/m0/s1. The molecule has 2 heterocycles. The SMILES string of the molecule is CCC=CCC=CCC=CCC=CCC=CCCCC(=O)N1CC[C@H](N(C)C(=O)C2=CC(=O)C(C)(c3ccccc3)O2)C1. The zero-order chi connectivity index (χ0) is 30.9. The van der Waals surface area contributed by atoms with Gasteiger partial charge in [-0.15, -0.1) is 0 Å². The number of rotatable bonds is 16. The van der Waals surface area contributed by atoms with Crippen molar-refractivity contribution >= 4 is 17.6 Å². The maximum absolute atomic E-state index is 13.2. The van der Waals surface area contributed by atoms with Gasteiger partial charge in [0.1, 0.15) is 0 Å². The average molecular weight is 585 g/mol. The van der Waals surface area contributed by atoms with Crippen LogP contribution in [0, 0.1) is 0 Å². The fourth-order valence-electron chi connectivity index (χ4n) is 5.14. The van der Waals surface area contributed by atoms with Crippen LogP contribution in [-0.2, 0) is 24.7 Å². The molecule has 2 atom stereocenters. The molecule has 0 aliphatic carbocycles. The van der Waals surface area contributed by atoms with Crippen LogP contribution in [0.1, 0.15) is 77.2 Å². The molecule has 6 heteroatoms. The molecule has 0 spiro atoms. The maximum Gasteiger partial charge on any atom is 0.289 e. The molecule has 3 rings (SSSR count). The topological polar surface area (TPSA) is 66.9 Å². The van der Waals surface area contributed by atoms with Gasteiger partial charge < -0.3 is 14.5 Å². The number of carbonyl (C=O) groups excluding carboxylic acids is 3. The first-order valence-electron chi connectivity index (χ1n) is 15.7. The van der Waals surface area contributed by atoms with Crippen molar-refractivity contribution in [1.29, 1.82) is 0 Å². The molecule has 2 amide bonds. The number of hydrogen-bond acceptors (Lipinski definition) is 4. The second kappa shape index (κ2) is 17.9. The van der Waals surface area contributed by atoms with Crippen LogP contribution < -0.4 is 0 Å². The van der Waals surface area contributed by atoms with E-state index in [0.29, 0.717) is 31.5 Å².